The average Bonchev–Trinajstić information content (AvgIpc) is 3.00. The van der Waals surface area contributed by atoms with Crippen LogP contribution in [0, 0.1) is 5.82 Å². The lowest BCUT2D eigenvalue weighted by Gasteiger charge is -2.05. The predicted octanol–water partition coefficient (Wildman–Crippen LogP) is 3.04. The molecule has 0 bridgehead atoms. The number of nitrogens with one attached hydrogen (secondary N) is 1. The number of benzene rings is 1. The number of H-pyrrole nitrogens is 1. The lowest BCUT2D eigenvalue weighted by Crippen LogP contribution is -1.93. The van der Waals surface area contributed by atoms with Crippen LogP contribution in [0.2, 0.25) is 0 Å². The second kappa shape index (κ2) is 3.65. The molecule has 0 atom stereocenters. The Bertz CT molecular complexity index is 876. The first-order valence-electron chi connectivity index (χ1n) is 5.88. The Labute approximate surface area is 107 Å². The van der Waals surface area contributed by atoms with E-state index in [-0.39, 0.29) is 5.82 Å². The molecule has 1 N–H and O–H groups in total. The topological polar surface area (TPSA) is 46.5 Å². The summed E-state index contributed by atoms with van der Waals surface area (Å²) >= 11 is 0. The smallest absolute Gasteiger partial charge is 0.124 e. The molecule has 0 aliphatic heterocycles. The molecule has 0 saturated heterocycles. The highest BCUT2D eigenvalue weighted by atomic mass is 19.1. The van der Waals surface area contributed by atoms with Crippen molar-refractivity contribution in [1.82, 2.24) is 19.7 Å². The van der Waals surface area contributed by atoms with Crippen LogP contribution in [0.3, 0.4) is 0 Å². The Morgan fingerprint density at radius 1 is 1.11 bits per heavy atom. The van der Waals surface area contributed by atoms with E-state index in [0.29, 0.717) is 0 Å². The van der Waals surface area contributed by atoms with Gasteiger partial charge in [0, 0.05) is 11.6 Å². The van der Waals surface area contributed by atoms with Gasteiger partial charge in [0.15, 0.2) is 0 Å². The van der Waals surface area contributed by atoms with Crippen LogP contribution in [0.25, 0.3) is 27.6 Å². The Hall–Kier alpha value is -2.69. The third-order valence-electron chi connectivity index (χ3n) is 3.23. The summed E-state index contributed by atoms with van der Waals surface area (Å²) in [6.07, 6.45) is 5.23. The van der Waals surface area contributed by atoms with Crippen molar-refractivity contribution in [3.63, 3.8) is 0 Å². The summed E-state index contributed by atoms with van der Waals surface area (Å²) in [6.45, 7) is 0. The zero-order chi connectivity index (χ0) is 12.8. The minimum Gasteiger partial charge on any atom is -0.305 e. The van der Waals surface area contributed by atoms with E-state index >= 15 is 0 Å². The van der Waals surface area contributed by atoms with Gasteiger partial charge < -0.3 is 4.57 Å². The minimum atomic E-state index is -0.257. The van der Waals surface area contributed by atoms with E-state index in [0.717, 1.165) is 27.6 Å². The van der Waals surface area contributed by atoms with Crippen LogP contribution in [0.4, 0.5) is 4.39 Å². The van der Waals surface area contributed by atoms with Crippen LogP contribution in [0.1, 0.15) is 0 Å². The summed E-state index contributed by atoms with van der Waals surface area (Å²) in [5.41, 5.74) is 3.60. The lowest BCUT2D eigenvalue weighted by atomic mass is 10.2. The van der Waals surface area contributed by atoms with Crippen molar-refractivity contribution in [2.75, 3.05) is 0 Å². The third kappa shape index (κ3) is 1.38. The maximum absolute atomic E-state index is 13.4. The van der Waals surface area contributed by atoms with E-state index in [9.17, 15) is 4.39 Å². The van der Waals surface area contributed by atoms with Gasteiger partial charge in [0.05, 0.1) is 34.6 Å². The second-order valence-electron chi connectivity index (χ2n) is 4.34. The van der Waals surface area contributed by atoms with Crippen molar-refractivity contribution in [3.05, 3.63) is 54.7 Å². The summed E-state index contributed by atoms with van der Waals surface area (Å²) in [4.78, 5) is 4.13. The van der Waals surface area contributed by atoms with Gasteiger partial charge in [-0.05, 0) is 30.3 Å². The van der Waals surface area contributed by atoms with Gasteiger partial charge in [0.25, 0.3) is 0 Å². The monoisotopic (exact) mass is 252 g/mol. The van der Waals surface area contributed by atoms with Gasteiger partial charge in [-0.25, -0.2) is 4.39 Å². The number of aromatic amines is 1. The van der Waals surface area contributed by atoms with Gasteiger partial charge in [-0.15, -0.1) is 0 Å². The fourth-order valence-corrected chi connectivity index (χ4v) is 2.44. The molecule has 0 saturated carbocycles. The zero-order valence-corrected chi connectivity index (χ0v) is 9.84. The highest BCUT2D eigenvalue weighted by Crippen LogP contribution is 2.30. The van der Waals surface area contributed by atoms with Crippen molar-refractivity contribution in [3.8, 4) is 5.69 Å². The maximum atomic E-state index is 13.4. The maximum Gasteiger partial charge on any atom is 0.124 e. The molecule has 0 spiro atoms. The molecule has 4 nitrogen and oxygen atoms in total. The molecule has 5 heteroatoms. The molecule has 3 aromatic heterocycles. The molecule has 0 radical (unpaired) electrons. The van der Waals surface area contributed by atoms with Gasteiger partial charge in [0.1, 0.15) is 5.82 Å². The summed E-state index contributed by atoms with van der Waals surface area (Å²) < 4.78 is 15.4. The van der Waals surface area contributed by atoms with Crippen molar-refractivity contribution in [1.29, 1.82) is 0 Å². The molecule has 4 rings (SSSR count). The number of hydrogen-bond donors (Lipinski definition) is 1. The lowest BCUT2D eigenvalue weighted by molar-refractivity contribution is 0.629. The molecule has 0 amide bonds. The molecular weight excluding hydrogens is 243 g/mol. The number of aromatic nitrogens is 4. The molecule has 0 unspecified atom stereocenters. The zero-order valence-electron chi connectivity index (χ0n) is 9.84. The first-order chi connectivity index (χ1) is 9.34. The number of nitrogens with zero attached hydrogens (tertiary/aromatic N) is 3. The molecule has 4 aromatic rings. The highest BCUT2D eigenvalue weighted by molar-refractivity contribution is 6.06. The van der Waals surface area contributed by atoms with Gasteiger partial charge >= 0.3 is 0 Å². The Kier molecular flexibility index (Phi) is 1.97. The van der Waals surface area contributed by atoms with E-state index in [4.69, 9.17) is 0 Å². The Morgan fingerprint density at radius 3 is 2.89 bits per heavy atom. The van der Waals surface area contributed by atoms with E-state index < -0.39 is 0 Å². The third-order valence-corrected chi connectivity index (χ3v) is 3.23. The van der Waals surface area contributed by atoms with Gasteiger partial charge in [-0.1, -0.05) is 0 Å². The van der Waals surface area contributed by atoms with Crippen LogP contribution >= 0.6 is 0 Å². The minimum absolute atomic E-state index is 0.257. The molecule has 3 heterocycles. The van der Waals surface area contributed by atoms with Gasteiger partial charge in [-0.3, -0.25) is 10.1 Å². The molecule has 0 aliphatic rings. The van der Waals surface area contributed by atoms with Crippen LogP contribution < -0.4 is 0 Å². The summed E-state index contributed by atoms with van der Waals surface area (Å²) in [5.74, 6) is -0.257. The molecular formula is C14H9FN4. The average molecular weight is 252 g/mol. The molecule has 1 aromatic carbocycles. The van der Waals surface area contributed by atoms with Crippen molar-refractivity contribution in [2.45, 2.75) is 0 Å². The normalized spacial score (nSPS) is 11.4. The SMILES string of the molecule is Fc1ccc2c(c1)c1[nH]ncc1n2-c1cccnc1. The number of hydrogen-bond acceptors (Lipinski definition) is 2. The summed E-state index contributed by atoms with van der Waals surface area (Å²) in [6, 6.07) is 8.58. The fraction of sp³-hybridized carbons (Fsp3) is 0. The first kappa shape index (κ1) is 10.3. The number of rotatable bonds is 1. The Morgan fingerprint density at radius 2 is 2.05 bits per heavy atom. The van der Waals surface area contributed by atoms with E-state index in [1.807, 2.05) is 16.7 Å². The standard InChI is InChI=1S/C14H9FN4/c15-9-3-4-12-11(6-9)14-13(8-17-18-14)19(12)10-2-1-5-16-7-10/h1-8H,(H,17,18). The van der Waals surface area contributed by atoms with Crippen molar-refractivity contribution in [2.24, 2.45) is 0 Å². The quantitative estimate of drug-likeness (QED) is 0.566. The fourth-order valence-electron chi connectivity index (χ4n) is 2.44. The first-order valence-corrected chi connectivity index (χ1v) is 5.88. The Balaban J connectivity index is 2.20. The predicted molar refractivity (Wildman–Crippen MR) is 70.7 cm³/mol. The van der Waals surface area contributed by atoms with E-state index in [2.05, 4.69) is 15.2 Å². The van der Waals surface area contributed by atoms with Crippen LogP contribution in [0.15, 0.2) is 48.9 Å². The summed E-state index contributed by atoms with van der Waals surface area (Å²) in [5, 5.41) is 7.78. The van der Waals surface area contributed by atoms with Crippen molar-refractivity contribution >= 4 is 21.9 Å². The molecule has 0 aliphatic carbocycles. The van der Waals surface area contributed by atoms with E-state index in [1.165, 1.54) is 12.1 Å². The van der Waals surface area contributed by atoms with E-state index in [1.54, 1.807) is 24.7 Å². The molecule has 19 heavy (non-hydrogen) atoms. The largest absolute Gasteiger partial charge is 0.305 e. The van der Waals surface area contributed by atoms with Crippen LogP contribution in [0.5, 0.6) is 0 Å². The van der Waals surface area contributed by atoms with Crippen LogP contribution in [-0.4, -0.2) is 19.7 Å². The number of halogens is 1. The van der Waals surface area contributed by atoms with Crippen molar-refractivity contribution < 1.29 is 4.39 Å². The molecule has 92 valence electrons. The molecule has 0 fully saturated rings. The number of pyridine rings is 1. The highest BCUT2D eigenvalue weighted by Gasteiger charge is 2.14. The summed E-state index contributed by atoms with van der Waals surface area (Å²) in [7, 11) is 0. The number of fused-ring (bicyclic) bond motifs is 3. The second-order valence-corrected chi connectivity index (χ2v) is 4.34. The van der Waals surface area contributed by atoms with Crippen LogP contribution in [-0.2, 0) is 0 Å². The van der Waals surface area contributed by atoms with Gasteiger partial charge in [0.2, 0.25) is 0 Å². The van der Waals surface area contributed by atoms with Gasteiger partial charge in [-0.2, -0.15) is 5.10 Å².